The zero-order chi connectivity index (χ0) is 22.2. The van der Waals surface area contributed by atoms with E-state index in [-0.39, 0.29) is 6.03 Å². The number of carbonyl (C=O) groups excluding carboxylic acids is 1. The number of fused-ring (bicyclic) bond motifs is 1. The third-order valence-electron chi connectivity index (χ3n) is 4.58. The van der Waals surface area contributed by atoms with Gasteiger partial charge in [0.15, 0.2) is 0 Å². The van der Waals surface area contributed by atoms with Crippen molar-refractivity contribution in [3.8, 4) is 0 Å². The van der Waals surface area contributed by atoms with E-state index in [1.807, 2.05) is 60.8 Å². The summed E-state index contributed by atoms with van der Waals surface area (Å²) in [5, 5.41) is 13.7. The molecule has 2 heterocycles. The summed E-state index contributed by atoms with van der Waals surface area (Å²) in [5.41, 5.74) is 3.32. The highest BCUT2D eigenvalue weighted by Gasteiger charge is 2.09. The van der Waals surface area contributed by atoms with Crippen molar-refractivity contribution in [1.29, 1.82) is 0 Å². The molecule has 0 aliphatic rings. The Hall–Kier alpha value is -3.23. The van der Waals surface area contributed by atoms with Gasteiger partial charge in [-0.1, -0.05) is 28.1 Å². The number of nitrogens with zero attached hydrogens (tertiary/aromatic N) is 2. The van der Waals surface area contributed by atoms with Gasteiger partial charge in [0, 0.05) is 41.6 Å². The van der Waals surface area contributed by atoms with E-state index in [0.29, 0.717) is 18.7 Å². The highest BCUT2D eigenvalue weighted by Crippen LogP contribution is 2.25. The molecule has 0 saturated carbocycles. The van der Waals surface area contributed by atoms with Crippen LogP contribution in [0.4, 0.5) is 20.6 Å². The van der Waals surface area contributed by atoms with Crippen LogP contribution in [0.15, 0.2) is 77.5 Å². The summed E-state index contributed by atoms with van der Waals surface area (Å²) in [5.74, 6) is -0.470. The number of benzene rings is 2. The number of aromatic nitrogens is 2. The predicted octanol–water partition coefficient (Wildman–Crippen LogP) is 5.43. The van der Waals surface area contributed by atoms with Crippen molar-refractivity contribution in [3.05, 3.63) is 89.0 Å². The molecule has 3 N–H and O–H groups in total. The Labute approximate surface area is 187 Å². The minimum atomic E-state index is -0.470. The normalized spacial score (nSPS) is 10.3. The molecule has 8 heteroatoms. The first-order chi connectivity index (χ1) is 15.1. The standard InChI is InChI=1S/C22H18BrFN4O.CH4O/c23-16-3-1-4-17(14-16)26-22(29)27-19-5-2-6-20-18(19)9-12-28(20)11-8-15-7-10-25-21(24)13-15;1-2/h1-7,9-10,12-14H,8,11H2,(H2,26,27,29);2H,1H3. The van der Waals surface area contributed by atoms with Crippen molar-refractivity contribution in [1.82, 2.24) is 9.55 Å². The first-order valence-corrected chi connectivity index (χ1v) is 10.3. The number of hydrogen-bond acceptors (Lipinski definition) is 3. The number of halogens is 2. The van der Waals surface area contributed by atoms with Crippen molar-refractivity contribution in [2.75, 3.05) is 17.7 Å². The van der Waals surface area contributed by atoms with Crippen LogP contribution in [-0.4, -0.2) is 27.8 Å². The van der Waals surface area contributed by atoms with Gasteiger partial charge in [-0.2, -0.15) is 4.39 Å². The van der Waals surface area contributed by atoms with Crippen LogP contribution in [0, 0.1) is 5.95 Å². The first kappa shape index (κ1) is 22.5. The molecule has 4 rings (SSSR count). The number of aryl methyl sites for hydroxylation is 2. The average molecular weight is 485 g/mol. The van der Waals surface area contributed by atoms with E-state index in [1.54, 1.807) is 0 Å². The van der Waals surface area contributed by atoms with Gasteiger partial charge in [-0.15, -0.1) is 0 Å². The Morgan fingerprint density at radius 1 is 1.10 bits per heavy atom. The number of aliphatic hydroxyl groups is 1. The molecule has 0 fully saturated rings. The lowest BCUT2D eigenvalue weighted by Gasteiger charge is -2.10. The number of nitrogens with one attached hydrogen (secondary N) is 2. The van der Waals surface area contributed by atoms with Crippen LogP contribution in [0.1, 0.15) is 5.56 Å². The summed E-state index contributed by atoms with van der Waals surface area (Å²) in [4.78, 5) is 16.0. The lowest BCUT2D eigenvalue weighted by Crippen LogP contribution is -2.19. The van der Waals surface area contributed by atoms with Crippen LogP contribution in [0.25, 0.3) is 10.9 Å². The maximum atomic E-state index is 13.3. The predicted molar refractivity (Wildman–Crippen MR) is 125 cm³/mol. The summed E-state index contributed by atoms with van der Waals surface area (Å²) in [6, 6.07) is 18.1. The first-order valence-electron chi connectivity index (χ1n) is 9.55. The molecular formula is C23H22BrFN4O2. The van der Waals surface area contributed by atoms with Crippen LogP contribution in [0.5, 0.6) is 0 Å². The van der Waals surface area contributed by atoms with Gasteiger partial charge in [0.1, 0.15) is 0 Å². The Morgan fingerprint density at radius 3 is 2.68 bits per heavy atom. The maximum Gasteiger partial charge on any atom is 0.323 e. The van der Waals surface area contributed by atoms with Crippen molar-refractivity contribution >= 4 is 44.2 Å². The van der Waals surface area contributed by atoms with E-state index >= 15 is 0 Å². The monoisotopic (exact) mass is 484 g/mol. The van der Waals surface area contributed by atoms with Crippen LogP contribution in [-0.2, 0) is 13.0 Å². The van der Waals surface area contributed by atoms with E-state index in [9.17, 15) is 9.18 Å². The highest BCUT2D eigenvalue weighted by molar-refractivity contribution is 9.10. The van der Waals surface area contributed by atoms with Gasteiger partial charge in [0.2, 0.25) is 5.95 Å². The topological polar surface area (TPSA) is 79.2 Å². The van der Waals surface area contributed by atoms with Crippen molar-refractivity contribution in [3.63, 3.8) is 0 Å². The zero-order valence-electron chi connectivity index (χ0n) is 16.8. The van der Waals surface area contributed by atoms with Crippen molar-refractivity contribution < 1.29 is 14.3 Å². The Bertz CT molecular complexity index is 1180. The van der Waals surface area contributed by atoms with E-state index in [1.165, 1.54) is 12.3 Å². The van der Waals surface area contributed by atoms with Crippen LogP contribution >= 0.6 is 15.9 Å². The quantitative estimate of drug-likeness (QED) is 0.330. The summed E-state index contributed by atoms with van der Waals surface area (Å²) in [6.07, 6.45) is 4.13. The minimum Gasteiger partial charge on any atom is -0.400 e. The van der Waals surface area contributed by atoms with Crippen LogP contribution < -0.4 is 10.6 Å². The van der Waals surface area contributed by atoms with Crippen molar-refractivity contribution in [2.24, 2.45) is 0 Å². The summed E-state index contributed by atoms with van der Waals surface area (Å²) in [7, 11) is 1.00. The summed E-state index contributed by atoms with van der Waals surface area (Å²) >= 11 is 3.39. The van der Waals surface area contributed by atoms with Gasteiger partial charge in [-0.05, 0) is 60.5 Å². The number of urea groups is 1. The largest absolute Gasteiger partial charge is 0.400 e. The van der Waals surface area contributed by atoms with Crippen LogP contribution in [0.3, 0.4) is 0 Å². The zero-order valence-corrected chi connectivity index (χ0v) is 18.4. The average Bonchev–Trinajstić information content (AvgIpc) is 3.18. The fourth-order valence-corrected chi connectivity index (χ4v) is 3.63. The van der Waals surface area contributed by atoms with Gasteiger partial charge in [0.05, 0.1) is 11.2 Å². The molecule has 0 unspecified atom stereocenters. The smallest absolute Gasteiger partial charge is 0.323 e. The summed E-state index contributed by atoms with van der Waals surface area (Å²) < 4.78 is 16.3. The Kier molecular flexibility index (Phi) is 7.75. The molecule has 31 heavy (non-hydrogen) atoms. The number of hydrogen-bond donors (Lipinski definition) is 3. The SMILES string of the molecule is CO.O=C(Nc1cccc(Br)c1)Nc1cccc2c1ccn2CCc1ccnc(F)c1. The summed E-state index contributed by atoms with van der Waals surface area (Å²) in [6.45, 7) is 0.695. The second-order valence-corrected chi connectivity index (χ2v) is 7.49. The number of pyridine rings is 1. The van der Waals surface area contributed by atoms with Crippen molar-refractivity contribution in [2.45, 2.75) is 13.0 Å². The molecule has 2 aromatic heterocycles. The van der Waals surface area contributed by atoms with Gasteiger partial charge >= 0.3 is 6.03 Å². The second-order valence-electron chi connectivity index (χ2n) is 6.57. The molecule has 0 aliphatic heterocycles. The second kappa shape index (κ2) is 10.7. The molecule has 0 bridgehead atoms. The number of aliphatic hydroxyl groups excluding tert-OH is 1. The third-order valence-corrected chi connectivity index (χ3v) is 5.07. The number of rotatable bonds is 5. The van der Waals surface area contributed by atoms with E-state index in [4.69, 9.17) is 5.11 Å². The molecule has 6 nitrogen and oxygen atoms in total. The minimum absolute atomic E-state index is 0.310. The molecular weight excluding hydrogens is 463 g/mol. The maximum absolute atomic E-state index is 13.3. The number of anilines is 2. The lowest BCUT2D eigenvalue weighted by molar-refractivity contribution is 0.262. The molecule has 0 spiro atoms. The fourth-order valence-electron chi connectivity index (χ4n) is 3.23. The number of carbonyl (C=O) groups is 1. The molecule has 160 valence electrons. The molecule has 0 atom stereocenters. The van der Waals surface area contributed by atoms with Gasteiger partial charge in [-0.3, -0.25) is 0 Å². The fraction of sp³-hybridized carbons (Fsp3) is 0.130. The number of amides is 2. The molecule has 0 radical (unpaired) electrons. The lowest BCUT2D eigenvalue weighted by atomic mass is 10.2. The highest BCUT2D eigenvalue weighted by atomic mass is 79.9. The van der Waals surface area contributed by atoms with Gasteiger partial charge in [0.25, 0.3) is 0 Å². The third kappa shape index (κ3) is 5.90. The van der Waals surface area contributed by atoms with Crippen LogP contribution in [0.2, 0.25) is 0 Å². The van der Waals surface area contributed by atoms with E-state index < -0.39 is 5.95 Å². The van der Waals surface area contributed by atoms with E-state index in [0.717, 1.165) is 33.7 Å². The molecule has 4 aromatic rings. The van der Waals surface area contributed by atoms with Gasteiger partial charge < -0.3 is 20.3 Å². The molecule has 2 aromatic carbocycles. The molecule has 0 saturated heterocycles. The molecule has 0 aliphatic carbocycles. The Morgan fingerprint density at radius 2 is 1.90 bits per heavy atom. The molecule has 2 amide bonds. The van der Waals surface area contributed by atoms with E-state index in [2.05, 4.69) is 36.1 Å². The Balaban J connectivity index is 0.00000132. The van der Waals surface area contributed by atoms with Gasteiger partial charge in [-0.25, -0.2) is 9.78 Å².